The SMILES string of the molecule is COC1CCN(C(=O)N2CCN(c3ccc(-c4cc(-c5cnn(C)c5)cn5ncc(Cl)c45)cn3)CC2)C1. The second-order valence-electron chi connectivity index (χ2n) is 9.58. The van der Waals surface area contributed by atoms with Gasteiger partial charge in [0.25, 0.3) is 0 Å². The third-order valence-corrected chi connectivity index (χ3v) is 7.56. The van der Waals surface area contributed by atoms with E-state index in [9.17, 15) is 4.79 Å². The van der Waals surface area contributed by atoms with Crippen molar-refractivity contribution in [3.8, 4) is 22.3 Å². The lowest BCUT2D eigenvalue weighted by Crippen LogP contribution is -2.52. The van der Waals surface area contributed by atoms with Crippen molar-refractivity contribution in [3.63, 3.8) is 0 Å². The predicted molar refractivity (Wildman–Crippen MR) is 142 cm³/mol. The molecule has 2 fully saturated rings. The van der Waals surface area contributed by atoms with Crippen molar-refractivity contribution >= 4 is 29.0 Å². The summed E-state index contributed by atoms with van der Waals surface area (Å²) in [6.07, 6.45) is 10.4. The predicted octanol–water partition coefficient (Wildman–Crippen LogP) is 3.41. The molecule has 0 bridgehead atoms. The van der Waals surface area contributed by atoms with E-state index in [0.717, 1.165) is 59.6 Å². The minimum Gasteiger partial charge on any atom is -0.380 e. The molecule has 6 heterocycles. The van der Waals surface area contributed by atoms with Gasteiger partial charge < -0.3 is 19.4 Å². The summed E-state index contributed by atoms with van der Waals surface area (Å²) in [7, 11) is 3.61. The Kier molecular flexibility index (Phi) is 6.21. The van der Waals surface area contributed by atoms with Gasteiger partial charge in [0.05, 0.1) is 29.0 Å². The standard InChI is InChI=1S/C26H29ClN8O2/c1-31-15-20(13-29-31)19-11-22(25-23(27)14-30-35(25)16-19)18-3-4-24(28-12-18)32-7-9-33(10-8-32)26(36)34-6-5-21(17-34)37-2/h3-4,11-16,21H,5-10,17H2,1-2H3. The minimum atomic E-state index is 0.109. The van der Waals surface area contributed by atoms with E-state index in [1.165, 1.54) is 0 Å². The van der Waals surface area contributed by atoms with Crippen LogP contribution in [0.4, 0.5) is 10.6 Å². The molecule has 0 N–H and O–H groups in total. The molecule has 11 heteroatoms. The number of anilines is 1. The van der Waals surface area contributed by atoms with E-state index in [4.69, 9.17) is 21.3 Å². The molecule has 4 aromatic heterocycles. The first-order valence-electron chi connectivity index (χ1n) is 12.4. The van der Waals surface area contributed by atoms with Crippen molar-refractivity contribution in [1.29, 1.82) is 0 Å². The highest BCUT2D eigenvalue weighted by Crippen LogP contribution is 2.34. The zero-order valence-corrected chi connectivity index (χ0v) is 21.7. The summed E-state index contributed by atoms with van der Waals surface area (Å²) in [5.74, 6) is 0.899. The lowest BCUT2D eigenvalue weighted by molar-refractivity contribution is 0.105. The third kappa shape index (κ3) is 4.51. The number of methoxy groups -OCH3 is 1. The highest BCUT2D eigenvalue weighted by molar-refractivity contribution is 6.34. The Morgan fingerprint density at radius 2 is 1.81 bits per heavy atom. The van der Waals surface area contributed by atoms with E-state index in [1.54, 1.807) is 22.5 Å². The Hall–Kier alpha value is -3.63. The van der Waals surface area contributed by atoms with Crippen molar-refractivity contribution < 1.29 is 9.53 Å². The van der Waals surface area contributed by atoms with Crippen LogP contribution in [0.15, 0.2) is 49.2 Å². The minimum absolute atomic E-state index is 0.109. The van der Waals surface area contributed by atoms with Crippen LogP contribution in [0.1, 0.15) is 6.42 Å². The molecule has 2 amide bonds. The Morgan fingerprint density at radius 3 is 2.49 bits per heavy atom. The van der Waals surface area contributed by atoms with Gasteiger partial charge in [-0.25, -0.2) is 14.3 Å². The molecular formula is C26H29ClN8O2. The number of rotatable bonds is 4. The molecule has 192 valence electrons. The van der Waals surface area contributed by atoms with Crippen LogP contribution in [-0.4, -0.2) is 92.7 Å². The zero-order chi connectivity index (χ0) is 25.5. The highest BCUT2D eigenvalue weighted by Gasteiger charge is 2.31. The van der Waals surface area contributed by atoms with Crippen molar-refractivity contribution in [2.45, 2.75) is 12.5 Å². The maximum absolute atomic E-state index is 12.9. The van der Waals surface area contributed by atoms with Gasteiger partial charge in [-0.3, -0.25) is 4.68 Å². The number of fused-ring (bicyclic) bond motifs is 1. The number of pyridine rings is 2. The molecule has 0 radical (unpaired) electrons. The van der Waals surface area contributed by atoms with Crippen LogP contribution in [0, 0.1) is 0 Å². The van der Waals surface area contributed by atoms with Crippen molar-refractivity contribution in [2.75, 3.05) is 51.3 Å². The van der Waals surface area contributed by atoms with Crippen LogP contribution in [-0.2, 0) is 11.8 Å². The summed E-state index contributed by atoms with van der Waals surface area (Å²) in [4.78, 5) is 23.7. The molecule has 0 spiro atoms. The lowest BCUT2D eigenvalue weighted by atomic mass is 10.0. The summed E-state index contributed by atoms with van der Waals surface area (Å²) in [6.45, 7) is 4.28. The molecule has 4 aromatic rings. The smallest absolute Gasteiger partial charge is 0.320 e. The maximum atomic E-state index is 12.9. The van der Waals surface area contributed by atoms with E-state index in [-0.39, 0.29) is 12.1 Å². The summed E-state index contributed by atoms with van der Waals surface area (Å²) in [6, 6.07) is 6.32. The molecule has 1 unspecified atom stereocenters. The van der Waals surface area contributed by atoms with Gasteiger partial charge in [-0.1, -0.05) is 11.6 Å². The molecule has 2 saturated heterocycles. The summed E-state index contributed by atoms with van der Waals surface area (Å²) in [5, 5.41) is 9.32. The van der Waals surface area contributed by atoms with Gasteiger partial charge >= 0.3 is 6.03 Å². The fraction of sp³-hybridized carbons (Fsp3) is 0.385. The van der Waals surface area contributed by atoms with Gasteiger partial charge in [0, 0.05) is 94.3 Å². The molecule has 2 aliphatic heterocycles. The largest absolute Gasteiger partial charge is 0.380 e. The Bertz CT molecular complexity index is 1420. The molecule has 0 aromatic carbocycles. The summed E-state index contributed by atoms with van der Waals surface area (Å²) >= 11 is 6.51. The fourth-order valence-corrected chi connectivity index (χ4v) is 5.42. The number of ether oxygens (including phenoxy) is 1. The van der Waals surface area contributed by atoms with E-state index in [1.807, 2.05) is 47.7 Å². The number of hydrogen-bond donors (Lipinski definition) is 0. The van der Waals surface area contributed by atoms with Gasteiger partial charge in [-0.05, 0) is 24.6 Å². The molecule has 37 heavy (non-hydrogen) atoms. The fourth-order valence-electron chi connectivity index (χ4n) is 5.19. The van der Waals surface area contributed by atoms with E-state index < -0.39 is 0 Å². The third-order valence-electron chi connectivity index (χ3n) is 7.29. The van der Waals surface area contributed by atoms with E-state index in [2.05, 4.69) is 27.2 Å². The first-order chi connectivity index (χ1) is 18.0. The van der Waals surface area contributed by atoms with Crippen molar-refractivity contribution in [2.24, 2.45) is 7.05 Å². The average molecular weight is 521 g/mol. The molecule has 0 aliphatic carbocycles. The molecule has 0 saturated carbocycles. The van der Waals surface area contributed by atoms with Gasteiger partial charge in [-0.2, -0.15) is 10.2 Å². The molecule has 1 atom stereocenters. The Morgan fingerprint density at radius 1 is 0.973 bits per heavy atom. The number of halogens is 1. The number of aryl methyl sites for hydroxylation is 1. The molecule has 6 rings (SSSR count). The number of hydrogen-bond acceptors (Lipinski definition) is 6. The van der Waals surface area contributed by atoms with Gasteiger partial charge in [0.2, 0.25) is 0 Å². The number of carbonyl (C=O) groups is 1. The first kappa shape index (κ1) is 23.7. The maximum Gasteiger partial charge on any atom is 0.320 e. The van der Waals surface area contributed by atoms with Crippen molar-refractivity contribution in [1.82, 2.24) is 34.2 Å². The van der Waals surface area contributed by atoms with Crippen molar-refractivity contribution in [3.05, 3.63) is 54.2 Å². The number of amides is 2. The van der Waals surface area contributed by atoms with Crippen LogP contribution >= 0.6 is 11.6 Å². The van der Waals surface area contributed by atoms with Crippen LogP contribution in [0.3, 0.4) is 0 Å². The molecular weight excluding hydrogens is 492 g/mol. The summed E-state index contributed by atoms with van der Waals surface area (Å²) in [5.41, 5.74) is 4.75. The normalized spacial score (nSPS) is 18.2. The average Bonchev–Trinajstić information content (AvgIpc) is 3.68. The highest BCUT2D eigenvalue weighted by atomic mass is 35.5. The lowest BCUT2D eigenvalue weighted by Gasteiger charge is -2.37. The van der Waals surface area contributed by atoms with Crippen LogP contribution in [0.2, 0.25) is 5.02 Å². The Balaban J connectivity index is 1.19. The van der Waals surface area contributed by atoms with E-state index in [0.29, 0.717) is 24.7 Å². The number of piperazine rings is 1. The van der Waals surface area contributed by atoms with Crippen LogP contribution < -0.4 is 4.90 Å². The molecule has 2 aliphatic rings. The number of likely N-dealkylation sites (tertiary alicyclic amines) is 1. The van der Waals surface area contributed by atoms with Crippen LogP contribution in [0.5, 0.6) is 0 Å². The second kappa shape index (κ2) is 9.68. The second-order valence-corrected chi connectivity index (χ2v) is 9.99. The van der Waals surface area contributed by atoms with Gasteiger partial charge in [0.1, 0.15) is 5.82 Å². The molecule has 10 nitrogen and oxygen atoms in total. The van der Waals surface area contributed by atoms with E-state index >= 15 is 0 Å². The van der Waals surface area contributed by atoms with Gasteiger partial charge in [0.15, 0.2) is 0 Å². The monoisotopic (exact) mass is 520 g/mol. The Labute approximate surface area is 220 Å². The quantitative estimate of drug-likeness (QED) is 0.410. The summed E-state index contributed by atoms with van der Waals surface area (Å²) < 4.78 is 8.99. The van der Waals surface area contributed by atoms with Crippen LogP contribution in [0.25, 0.3) is 27.8 Å². The number of carbonyl (C=O) groups excluding carboxylic acids is 1. The van der Waals surface area contributed by atoms with Gasteiger partial charge in [-0.15, -0.1) is 0 Å². The first-order valence-corrected chi connectivity index (χ1v) is 12.8. The topological polar surface area (TPSA) is 84.0 Å². The number of aromatic nitrogens is 5. The number of urea groups is 1. The number of nitrogens with zero attached hydrogens (tertiary/aromatic N) is 8. The zero-order valence-electron chi connectivity index (χ0n) is 20.9.